The first-order valence-electron chi connectivity index (χ1n) is 15.8. The minimum absolute atomic E-state index is 0.551. The first-order valence-corrected chi connectivity index (χ1v) is 17.5. The molecular formula is C43H27NOS2. The Hall–Kier alpha value is -5.29. The molecule has 8 aromatic rings. The molecule has 10 rings (SSSR count). The summed E-state index contributed by atoms with van der Waals surface area (Å²) in [6.07, 6.45) is 0. The Bertz CT molecular complexity index is 2400. The van der Waals surface area contributed by atoms with Gasteiger partial charge in [0, 0.05) is 47.8 Å². The van der Waals surface area contributed by atoms with Crippen LogP contribution in [-0.2, 0) is 5.41 Å². The van der Waals surface area contributed by atoms with Crippen molar-refractivity contribution in [1.29, 1.82) is 0 Å². The first kappa shape index (κ1) is 26.9. The van der Waals surface area contributed by atoms with Crippen molar-refractivity contribution in [2.75, 3.05) is 4.90 Å². The molecule has 3 heterocycles. The zero-order valence-electron chi connectivity index (χ0n) is 25.3. The molecule has 1 aromatic heterocycles. The van der Waals surface area contributed by atoms with Crippen LogP contribution in [0.1, 0.15) is 22.3 Å². The van der Waals surface area contributed by atoms with Gasteiger partial charge in [-0.3, -0.25) is 0 Å². The number of hydrogen-bond acceptors (Lipinski definition) is 4. The lowest BCUT2D eigenvalue weighted by molar-refractivity contribution is 0.431. The monoisotopic (exact) mass is 637 g/mol. The molecule has 0 radical (unpaired) electrons. The molecule has 0 atom stereocenters. The molecule has 0 fully saturated rings. The third kappa shape index (κ3) is 3.86. The fraction of sp³-hybridized carbons (Fsp3) is 0.0233. The molecule has 0 saturated heterocycles. The van der Waals surface area contributed by atoms with Gasteiger partial charge in [0.25, 0.3) is 0 Å². The number of fused-ring (bicyclic) bond motifs is 11. The lowest BCUT2D eigenvalue weighted by Crippen LogP contribution is -2.36. The maximum atomic E-state index is 6.77. The van der Waals surface area contributed by atoms with E-state index in [0.29, 0.717) is 0 Å². The predicted octanol–water partition coefficient (Wildman–Crippen LogP) is 12.5. The Morgan fingerprint density at radius 1 is 0.468 bits per heavy atom. The fourth-order valence-electron chi connectivity index (χ4n) is 7.66. The van der Waals surface area contributed by atoms with E-state index < -0.39 is 5.41 Å². The molecule has 7 aromatic carbocycles. The minimum atomic E-state index is -0.551. The van der Waals surface area contributed by atoms with Crippen LogP contribution in [0.3, 0.4) is 0 Å². The summed E-state index contributed by atoms with van der Waals surface area (Å²) in [6.45, 7) is 0. The van der Waals surface area contributed by atoms with Crippen molar-refractivity contribution >= 4 is 60.3 Å². The maximum absolute atomic E-state index is 6.77. The van der Waals surface area contributed by atoms with Gasteiger partial charge >= 0.3 is 0 Å². The van der Waals surface area contributed by atoms with Crippen molar-refractivity contribution in [2.45, 2.75) is 15.2 Å². The summed E-state index contributed by atoms with van der Waals surface area (Å²) in [5, 5.41) is 2.58. The van der Waals surface area contributed by atoms with Crippen LogP contribution in [0.2, 0.25) is 0 Å². The summed E-state index contributed by atoms with van der Waals surface area (Å²) in [4.78, 5) is 4.96. The van der Waals surface area contributed by atoms with Crippen LogP contribution < -0.4 is 9.64 Å². The van der Waals surface area contributed by atoms with Gasteiger partial charge in [0.2, 0.25) is 0 Å². The van der Waals surface area contributed by atoms with Crippen molar-refractivity contribution in [3.05, 3.63) is 186 Å². The van der Waals surface area contributed by atoms with Crippen LogP contribution in [0.15, 0.2) is 174 Å². The summed E-state index contributed by atoms with van der Waals surface area (Å²) in [6, 6.07) is 59.3. The van der Waals surface area contributed by atoms with E-state index in [1.807, 2.05) is 23.1 Å². The molecule has 2 aliphatic rings. The second kappa shape index (κ2) is 10.4. The highest BCUT2D eigenvalue weighted by molar-refractivity contribution is 7.99. The molecule has 1 spiro atoms. The number of thiophene rings is 1. The molecule has 0 amide bonds. The minimum Gasteiger partial charge on any atom is -0.457 e. The maximum Gasteiger partial charge on any atom is 0.132 e. The van der Waals surface area contributed by atoms with Crippen molar-refractivity contribution in [3.63, 3.8) is 0 Å². The van der Waals surface area contributed by atoms with E-state index in [4.69, 9.17) is 4.74 Å². The number of benzene rings is 7. The van der Waals surface area contributed by atoms with E-state index in [2.05, 4.69) is 169 Å². The van der Waals surface area contributed by atoms with Crippen molar-refractivity contribution < 1.29 is 4.74 Å². The van der Waals surface area contributed by atoms with Crippen LogP contribution in [0.25, 0.3) is 20.2 Å². The van der Waals surface area contributed by atoms with Gasteiger partial charge in [-0.05, 0) is 71.8 Å². The van der Waals surface area contributed by atoms with Gasteiger partial charge in [-0.1, -0.05) is 115 Å². The van der Waals surface area contributed by atoms with Crippen LogP contribution in [0.4, 0.5) is 17.1 Å². The number of anilines is 3. The van der Waals surface area contributed by atoms with Crippen LogP contribution in [0.5, 0.6) is 11.5 Å². The number of hydrogen-bond donors (Lipinski definition) is 0. The Labute approximate surface area is 281 Å². The number of ether oxygens (including phenoxy) is 1. The molecule has 0 bridgehead atoms. The standard InChI is InChI=1S/C43H27NOS2/c1-2-13-28(14-3-1)44(36-20-12-16-31-30-15-4-9-22-39(30)47-42(31)36)29-25-26-38-35(27-29)43(32-17-5-8-21-37(32)45-38)33-18-6-10-23-40(33)46-41-24-11-7-19-34(41)43/h1-27H. The molecule has 222 valence electrons. The van der Waals surface area contributed by atoms with E-state index in [9.17, 15) is 0 Å². The zero-order valence-corrected chi connectivity index (χ0v) is 26.9. The molecule has 0 N–H and O–H groups in total. The largest absolute Gasteiger partial charge is 0.457 e. The lowest BCUT2D eigenvalue weighted by atomic mass is 9.63. The van der Waals surface area contributed by atoms with Crippen LogP contribution >= 0.6 is 23.1 Å². The quantitative estimate of drug-likeness (QED) is 0.191. The Balaban J connectivity index is 1.29. The third-order valence-corrected chi connectivity index (χ3v) is 11.9. The van der Waals surface area contributed by atoms with Crippen LogP contribution in [-0.4, -0.2) is 0 Å². The van der Waals surface area contributed by atoms with Gasteiger partial charge < -0.3 is 9.64 Å². The Kier molecular flexibility index (Phi) is 5.93. The number of rotatable bonds is 3. The topological polar surface area (TPSA) is 12.5 Å². The fourth-order valence-corrected chi connectivity index (χ4v) is 10.1. The number of para-hydroxylation sites is 2. The third-order valence-electron chi connectivity index (χ3n) is 9.58. The van der Waals surface area contributed by atoms with Gasteiger partial charge in [0.05, 0.1) is 15.8 Å². The molecule has 0 unspecified atom stereocenters. The highest BCUT2D eigenvalue weighted by Crippen LogP contribution is 2.62. The van der Waals surface area contributed by atoms with E-state index >= 15 is 0 Å². The van der Waals surface area contributed by atoms with Gasteiger partial charge in [0.15, 0.2) is 0 Å². The summed E-state index contributed by atoms with van der Waals surface area (Å²) in [5.74, 6) is 1.79. The summed E-state index contributed by atoms with van der Waals surface area (Å²) in [7, 11) is 0. The molecule has 2 aliphatic heterocycles. The Morgan fingerprint density at radius 3 is 1.91 bits per heavy atom. The smallest absolute Gasteiger partial charge is 0.132 e. The molecule has 47 heavy (non-hydrogen) atoms. The van der Waals surface area contributed by atoms with Gasteiger partial charge in [0.1, 0.15) is 11.5 Å². The normalized spacial score (nSPS) is 13.8. The van der Waals surface area contributed by atoms with Crippen molar-refractivity contribution in [3.8, 4) is 11.5 Å². The van der Waals surface area contributed by atoms with E-state index in [-0.39, 0.29) is 0 Å². The first-order chi connectivity index (χ1) is 23.3. The highest BCUT2D eigenvalue weighted by Gasteiger charge is 2.49. The average Bonchev–Trinajstić information content (AvgIpc) is 3.52. The van der Waals surface area contributed by atoms with E-state index in [1.165, 1.54) is 52.3 Å². The van der Waals surface area contributed by atoms with E-state index in [0.717, 1.165) is 28.4 Å². The van der Waals surface area contributed by atoms with Crippen LogP contribution in [0, 0.1) is 0 Å². The number of nitrogens with zero attached hydrogens (tertiary/aromatic N) is 1. The van der Waals surface area contributed by atoms with Gasteiger partial charge in [-0.2, -0.15) is 0 Å². The second-order valence-corrected chi connectivity index (χ2v) is 14.2. The molecule has 0 aliphatic carbocycles. The van der Waals surface area contributed by atoms with Crippen molar-refractivity contribution in [1.82, 2.24) is 0 Å². The molecule has 4 heteroatoms. The SMILES string of the molecule is c1ccc(N(c2ccc3c(c2)C2(c4ccccc4O3)c3ccccc3Sc3ccccc32)c2cccc3c2sc2ccccc23)cc1. The Morgan fingerprint density at radius 2 is 1.11 bits per heavy atom. The summed E-state index contributed by atoms with van der Waals surface area (Å²) in [5.41, 5.74) is 7.72. The zero-order chi connectivity index (χ0) is 31.0. The molecule has 0 saturated carbocycles. The van der Waals surface area contributed by atoms with Crippen molar-refractivity contribution in [2.24, 2.45) is 0 Å². The predicted molar refractivity (Wildman–Crippen MR) is 197 cm³/mol. The second-order valence-electron chi connectivity index (χ2n) is 12.0. The van der Waals surface area contributed by atoms with Gasteiger partial charge in [-0.15, -0.1) is 11.3 Å². The molecule has 2 nitrogen and oxygen atoms in total. The summed E-state index contributed by atoms with van der Waals surface area (Å²) >= 11 is 3.72. The molecular weight excluding hydrogens is 611 g/mol. The summed E-state index contributed by atoms with van der Waals surface area (Å²) < 4.78 is 9.34. The lowest BCUT2D eigenvalue weighted by Gasteiger charge is -2.45. The average molecular weight is 638 g/mol. The van der Waals surface area contributed by atoms with E-state index in [1.54, 1.807) is 0 Å². The van der Waals surface area contributed by atoms with Gasteiger partial charge in [-0.25, -0.2) is 0 Å². The highest BCUT2D eigenvalue weighted by atomic mass is 32.2.